The van der Waals surface area contributed by atoms with Crippen molar-refractivity contribution < 1.29 is 13.3 Å². The largest absolute Gasteiger partial charge is 0.376 e. The zero-order chi connectivity index (χ0) is 42.4. The number of nitro benzene ring substituents is 1. The fraction of sp³-hybridized carbons (Fsp3) is 0.467. The number of halogens is 1. The molecule has 7 rings (SSSR count). The number of aromatic nitrogens is 2. The van der Waals surface area contributed by atoms with Gasteiger partial charge in [0.05, 0.1) is 15.5 Å². The van der Waals surface area contributed by atoms with Gasteiger partial charge in [-0.15, -0.1) is 11.8 Å². The molecular weight excluding hydrogens is 816 g/mol. The van der Waals surface area contributed by atoms with Crippen molar-refractivity contribution in [2.75, 3.05) is 62.6 Å². The number of hydrogen-bond acceptors (Lipinski definition) is 11. The minimum atomic E-state index is -4.21. The Balaban J connectivity index is 0.988. The number of likely N-dealkylation sites (tertiary alicyclic amines) is 1. The molecule has 0 radical (unpaired) electrons. The number of fused-ring (bicyclic) bond motifs is 1. The Morgan fingerprint density at radius 2 is 1.77 bits per heavy atom. The minimum absolute atomic E-state index is 0.0997. The van der Waals surface area contributed by atoms with E-state index in [1.807, 2.05) is 56.6 Å². The van der Waals surface area contributed by atoms with E-state index in [0.29, 0.717) is 24.8 Å². The molecule has 1 saturated heterocycles. The van der Waals surface area contributed by atoms with Crippen LogP contribution in [0.4, 0.5) is 17.2 Å². The first-order valence-electron chi connectivity index (χ1n) is 20.9. The standard InChI is InChI=1S/C45H57ClN8O4S2/c1-45(2)21-16-39(32-10-12-34(46)13-11-32)33(27-45)28-52-23-18-36(19-24-52)53-25-20-40-42(29-53)47-31-48-44(40)50-60(57,58)38-14-15-41(43(26-38)54(55)56)49-35(17-22-51(3)4)30-59-37-8-6-5-7-9-37/h5-15,26,31,35-36,49H,16-25,27-30H2,1-4H3,(H,47,48,50)/t35-/m1/s1. The van der Waals surface area contributed by atoms with Crippen LogP contribution in [0.25, 0.3) is 5.57 Å². The number of nitrogens with zero attached hydrogens (tertiary/aromatic N) is 6. The van der Waals surface area contributed by atoms with E-state index < -0.39 is 14.9 Å². The van der Waals surface area contributed by atoms with E-state index in [1.165, 1.54) is 36.0 Å². The van der Waals surface area contributed by atoms with Crippen LogP contribution in [0.15, 0.2) is 94.5 Å². The highest BCUT2D eigenvalue weighted by Crippen LogP contribution is 2.43. The van der Waals surface area contributed by atoms with Gasteiger partial charge < -0.3 is 10.2 Å². The van der Waals surface area contributed by atoms with Gasteiger partial charge in [0.2, 0.25) is 0 Å². The number of nitrogens with one attached hydrogen (secondary N) is 2. The van der Waals surface area contributed by atoms with Crippen molar-refractivity contribution in [1.82, 2.24) is 24.7 Å². The summed E-state index contributed by atoms with van der Waals surface area (Å²) >= 11 is 7.90. The molecule has 60 heavy (non-hydrogen) atoms. The predicted octanol–water partition coefficient (Wildman–Crippen LogP) is 8.85. The van der Waals surface area contributed by atoms with Crippen molar-refractivity contribution in [3.05, 3.63) is 117 Å². The highest BCUT2D eigenvalue weighted by Gasteiger charge is 2.33. The Morgan fingerprint density at radius 3 is 2.48 bits per heavy atom. The number of nitro groups is 1. The first-order chi connectivity index (χ1) is 28.7. The minimum Gasteiger partial charge on any atom is -0.376 e. The zero-order valence-corrected chi connectivity index (χ0v) is 37.5. The number of hydrogen-bond donors (Lipinski definition) is 2. The van der Waals surface area contributed by atoms with Gasteiger partial charge in [-0.2, -0.15) is 0 Å². The Morgan fingerprint density at radius 1 is 1.02 bits per heavy atom. The molecule has 3 aliphatic rings. The maximum atomic E-state index is 13.8. The molecule has 320 valence electrons. The molecule has 1 aromatic heterocycles. The second-order valence-electron chi connectivity index (χ2n) is 17.4. The fourth-order valence-corrected chi connectivity index (χ4v) is 10.9. The SMILES string of the molecule is CN(C)CC[C@H](CSc1ccccc1)Nc1ccc(S(=O)(=O)Nc2ncnc3c2CCN(C2CCN(CC4=C(c5ccc(Cl)cc5)CCC(C)(C)C4)CC2)C3)cc1[N+](=O)[O-]. The van der Waals surface area contributed by atoms with Gasteiger partial charge in [-0.25, -0.2) is 18.4 Å². The Bertz CT molecular complexity index is 2270. The van der Waals surface area contributed by atoms with Crippen molar-refractivity contribution in [1.29, 1.82) is 0 Å². The summed E-state index contributed by atoms with van der Waals surface area (Å²) in [6, 6.07) is 22.7. The molecule has 1 aliphatic carbocycles. The van der Waals surface area contributed by atoms with Crippen molar-refractivity contribution in [3.63, 3.8) is 0 Å². The summed E-state index contributed by atoms with van der Waals surface area (Å²) in [5.41, 5.74) is 6.15. The van der Waals surface area contributed by atoms with Crippen LogP contribution >= 0.6 is 23.4 Å². The van der Waals surface area contributed by atoms with E-state index in [4.69, 9.17) is 11.6 Å². The summed E-state index contributed by atoms with van der Waals surface area (Å²) in [5.74, 6) is 0.900. The molecule has 15 heteroatoms. The summed E-state index contributed by atoms with van der Waals surface area (Å²) in [6.45, 7) is 9.94. The number of rotatable bonds is 16. The van der Waals surface area contributed by atoms with Crippen molar-refractivity contribution >= 4 is 56.2 Å². The molecule has 3 aromatic carbocycles. The molecule has 0 bridgehead atoms. The number of thioether (sulfide) groups is 1. The number of sulfonamides is 1. The Hall–Kier alpha value is -4.05. The number of allylic oxidation sites excluding steroid dienone is 1. The molecule has 4 aromatic rings. The molecule has 12 nitrogen and oxygen atoms in total. The molecule has 2 aliphatic heterocycles. The molecule has 0 spiro atoms. The smallest absolute Gasteiger partial charge is 0.293 e. The lowest BCUT2D eigenvalue weighted by atomic mass is 9.72. The average molecular weight is 874 g/mol. The van der Waals surface area contributed by atoms with Crippen LogP contribution in [0.3, 0.4) is 0 Å². The fourth-order valence-electron chi connectivity index (χ4n) is 8.73. The van der Waals surface area contributed by atoms with Crippen LogP contribution in [0.2, 0.25) is 5.02 Å². The number of anilines is 2. The van der Waals surface area contributed by atoms with Crippen LogP contribution in [-0.4, -0.2) is 103 Å². The summed E-state index contributed by atoms with van der Waals surface area (Å²) in [6.07, 6.45) is 8.22. The predicted molar refractivity (Wildman–Crippen MR) is 243 cm³/mol. The molecule has 0 unspecified atom stereocenters. The van der Waals surface area contributed by atoms with Crippen LogP contribution in [0, 0.1) is 15.5 Å². The lowest BCUT2D eigenvalue weighted by Gasteiger charge is -2.42. The van der Waals surface area contributed by atoms with Gasteiger partial charge >= 0.3 is 0 Å². The van der Waals surface area contributed by atoms with E-state index in [9.17, 15) is 18.5 Å². The Kier molecular flexibility index (Phi) is 14.2. The van der Waals surface area contributed by atoms with Gasteiger partial charge in [0, 0.05) is 59.0 Å². The lowest BCUT2D eigenvalue weighted by molar-refractivity contribution is -0.384. The van der Waals surface area contributed by atoms with Crippen LogP contribution in [0.1, 0.15) is 69.2 Å². The van der Waals surface area contributed by atoms with Crippen molar-refractivity contribution in [2.24, 2.45) is 5.41 Å². The first-order valence-corrected chi connectivity index (χ1v) is 23.7. The lowest BCUT2D eigenvalue weighted by Crippen LogP contribution is -2.47. The highest BCUT2D eigenvalue weighted by molar-refractivity contribution is 7.99. The highest BCUT2D eigenvalue weighted by atomic mass is 35.5. The third-order valence-corrected chi connectivity index (χ3v) is 14.8. The number of benzene rings is 3. The molecule has 1 atom stereocenters. The normalized spacial score (nSPS) is 18.3. The molecule has 0 saturated carbocycles. The van der Waals surface area contributed by atoms with E-state index in [-0.39, 0.29) is 33.5 Å². The van der Waals surface area contributed by atoms with Crippen molar-refractivity contribution in [2.45, 2.75) is 87.2 Å². The monoisotopic (exact) mass is 872 g/mol. The average Bonchev–Trinajstić information content (AvgIpc) is 3.22. The molecule has 1 fully saturated rings. The maximum Gasteiger partial charge on any atom is 0.293 e. The summed E-state index contributed by atoms with van der Waals surface area (Å²) in [5, 5.41) is 16.5. The Labute approximate surface area is 364 Å². The van der Waals surface area contributed by atoms with E-state index in [2.05, 4.69) is 60.7 Å². The quantitative estimate of drug-likeness (QED) is 0.0635. The van der Waals surface area contributed by atoms with Crippen LogP contribution < -0.4 is 10.0 Å². The van der Waals surface area contributed by atoms with Crippen molar-refractivity contribution in [3.8, 4) is 0 Å². The maximum absolute atomic E-state index is 13.8. The van der Waals surface area contributed by atoms with Crippen LogP contribution in [0.5, 0.6) is 0 Å². The second-order valence-corrected chi connectivity index (χ2v) is 20.6. The summed E-state index contributed by atoms with van der Waals surface area (Å²) < 4.78 is 30.3. The summed E-state index contributed by atoms with van der Waals surface area (Å²) in [4.78, 5) is 28.8. The van der Waals surface area contributed by atoms with Gasteiger partial charge in [0.25, 0.3) is 15.7 Å². The van der Waals surface area contributed by atoms with Gasteiger partial charge in [-0.05, 0) is 132 Å². The third-order valence-electron chi connectivity index (χ3n) is 12.1. The van der Waals surface area contributed by atoms with E-state index in [0.717, 1.165) is 92.1 Å². The van der Waals surface area contributed by atoms with Gasteiger partial charge in [-0.3, -0.25) is 24.6 Å². The molecular formula is C45H57ClN8O4S2. The third kappa shape index (κ3) is 11.3. The first kappa shape index (κ1) is 44.0. The topological polar surface area (TPSA) is 137 Å². The number of piperidine rings is 1. The van der Waals surface area contributed by atoms with Gasteiger partial charge in [0.1, 0.15) is 17.8 Å². The van der Waals surface area contributed by atoms with Gasteiger partial charge in [0.15, 0.2) is 0 Å². The molecule has 3 heterocycles. The molecule has 0 amide bonds. The zero-order valence-electron chi connectivity index (χ0n) is 35.1. The summed E-state index contributed by atoms with van der Waals surface area (Å²) in [7, 11) is -0.237. The molecule has 2 N–H and O–H groups in total. The van der Waals surface area contributed by atoms with E-state index in [1.54, 1.807) is 17.3 Å². The van der Waals surface area contributed by atoms with E-state index >= 15 is 0 Å². The second kappa shape index (κ2) is 19.3. The van der Waals surface area contributed by atoms with Crippen LogP contribution in [-0.2, 0) is 23.0 Å². The van der Waals surface area contributed by atoms with Gasteiger partial charge in [-0.1, -0.05) is 61.4 Å².